The van der Waals surface area contributed by atoms with Crippen LogP contribution >= 0.6 is 11.6 Å². The number of halogens is 1. The largest absolute Gasteiger partial charge is 0.368 e. The van der Waals surface area contributed by atoms with Gasteiger partial charge in [-0.05, 0) is 66.9 Å². The summed E-state index contributed by atoms with van der Waals surface area (Å²) in [5.41, 5.74) is 6.54. The van der Waals surface area contributed by atoms with Gasteiger partial charge in [-0.3, -0.25) is 9.59 Å². The molecule has 6 heteroatoms. The fraction of sp³-hybridized carbons (Fsp3) is 0.214. The Bertz CT molecular complexity index is 1380. The number of benzene rings is 2. The Hall–Kier alpha value is -3.57. The van der Waals surface area contributed by atoms with E-state index in [-0.39, 0.29) is 0 Å². The van der Waals surface area contributed by atoms with E-state index in [1.807, 2.05) is 42.6 Å². The van der Waals surface area contributed by atoms with Gasteiger partial charge in [-0.15, -0.1) is 0 Å². The molecule has 0 saturated carbocycles. The van der Waals surface area contributed by atoms with Crippen LogP contribution in [0.2, 0.25) is 5.02 Å². The highest BCUT2D eigenvalue weighted by Gasteiger charge is 2.31. The van der Waals surface area contributed by atoms with Crippen molar-refractivity contribution in [3.05, 3.63) is 94.8 Å². The first-order valence-electron chi connectivity index (χ1n) is 11.4. The van der Waals surface area contributed by atoms with E-state index in [4.69, 9.17) is 11.6 Å². The molecule has 4 aromatic rings. The molecule has 5 nitrogen and oxygen atoms in total. The van der Waals surface area contributed by atoms with Crippen LogP contribution in [-0.2, 0) is 4.79 Å². The van der Waals surface area contributed by atoms with Crippen molar-refractivity contribution < 1.29 is 9.59 Å². The summed E-state index contributed by atoms with van der Waals surface area (Å²) in [4.78, 5) is 30.9. The van der Waals surface area contributed by atoms with Gasteiger partial charge < -0.3 is 14.2 Å². The van der Waals surface area contributed by atoms with Gasteiger partial charge in [0.15, 0.2) is 0 Å². The van der Waals surface area contributed by atoms with E-state index in [0.717, 1.165) is 16.6 Å². The van der Waals surface area contributed by atoms with E-state index in [1.54, 1.807) is 21.4 Å². The highest BCUT2D eigenvalue weighted by Crippen LogP contribution is 2.30. The zero-order valence-corrected chi connectivity index (χ0v) is 20.0. The summed E-state index contributed by atoms with van der Waals surface area (Å²) in [6, 6.07) is 21.3. The van der Waals surface area contributed by atoms with E-state index >= 15 is 0 Å². The molecule has 1 aliphatic rings. The van der Waals surface area contributed by atoms with Gasteiger partial charge in [0.2, 0.25) is 0 Å². The molecule has 0 N–H and O–H groups in total. The number of rotatable bonds is 4. The molecule has 0 radical (unpaired) electrons. The first kappa shape index (κ1) is 22.2. The Labute approximate surface area is 204 Å². The Balaban J connectivity index is 1.41. The summed E-state index contributed by atoms with van der Waals surface area (Å²) < 4.78 is 1.80. The molecular formula is C28H26ClN3O2. The molecule has 3 heterocycles. The van der Waals surface area contributed by atoms with Crippen LogP contribution in [0.25, 0.3) is 16.6 Å². The normalized spacial score (nSPS) is 14.0. The highest BCUT2D eigenvalue weighted by atomic mass is 35.5. The number of carbonyl (C=O) groups excluding carboxylic acids is 2. The maximum Gasteiger partial charge on any atom is 0.296 e. The van der Waals surface area contributed by atoms with Crippen molar-refractivity contribution in [1.82, 2.24) is 9.30 Å². The lowest BCUT2D eigenvalue weighted by molar-refractivity contribution is -0.126. The Morgan fingerprint density at radius 2 is 1.59 bits per heavy atom. The predicted octanol–water partition coefficient (Wildman–Crippen LogP) is 5.41. The number of hydrogen-bond acceptors (Lipinski definition) is 3. The first-order chi connectivity index (χ1) is 16.4. The summed E-state index contributed by atoms with van der Waals surface area (Å²) in [5.74, 6) is -0.948. The molecule has 1 aliphatic heterocycles. The van der Waals surface area contributed by atoms with Crippen LogP contribution in [0.3, 0.4) is 0 Å². The van der Waals surface area contributed by atoms with E-state index < -0.39 is 11.7 Å². The number of hydrogen-bond donors (Lipinski definition) is 0. The van der Waals surface area contributed by atoms with Crippen molar-refractivity contribution in [2.24, 2.45) is 0 Å². The molecule has 5 rings (SSSR count). The number of piperazine rings is 1. The van der Waals surface area contributed by atoms with Crippen LogP contribution < -0.4 is 4.90 Å². The highest BCUT2D eigenvalue weighted by molar-refractivity contribution is 6.43. The average molecular weight is 472 g/mol. The third-order valence-electron chi connectivity index (χ3n) is 6.73. The van der Waals surface area contributed by atoms with E-state index in [0.29, 0.717) is 36.9 Å². The number of amides is 1. The number of anilines is 1. The maximum atomic E-state index is 13.6. The zero-order valence-electron chi connectivity index (χ0n) is 19.3. The van der Waals surface area contributed by atoms with Crippen LogP contribution in [0.15, 0.2) is 72.9 Å². The molecule has 0 bridgehead atoms. The molecule has 1 fully saturated rings. The lowest BCUT2D eigenvalue weighted by atomic mass is 10.0. The molecule has 2 aromatic carbocycles. The topological polar surface area (TPSA) is 45.0 Å². The molecule has 1 saturated heterocycles. The van der Waals surface area contributed by atoms with E-state index in [9.17, 15) is 9.59 Å². The number of ketones is 1. The van der Waals surface area contributed by atoms with Gasteiger partial charge in [-0.1, -0.05) is 41.9 Å². The minimum atomic E-state index is -0.490. The second-order valence-corrected chi connectivity index (χ2v) is 9.17. The third kappa shape index (κ3) is 3.97. The van der Waals surface area contributed by atoms with Gasteiger partial charge in [0, 0.05) is 54.2 Å². The summed E-state index contributed by atoms with van der Waals surface area (Å²) in [6.45, 7) is 6.65. The molecule has 172 valence electrons. The summed E-state index contributed by atoms with van der Waals surface area (Å²) in [6.07, 6.45) is 1.83. The molecule has 1 amide bonds. The van der Waals surface area contributed by atoms with Gasteiger partial charge >= 0.3 is 0 Å². The lowest BCUT2D eigenvalue weighted by Gasteiger charge is -2.36. The minimum Gasteiger partial charge on any atom is -0.368 e. The monoisotopic (exact) mass is 471 g/mol. The number of carbonyl (C=O) groups is 2. The number of aromatic nitrogens is 1. The third-order valence-corrected chi connectivity index (χ3v) is 6.98. The van der Waals surface area contributed by atoms with Crippen LogP contribution in [-0.4, -0.2) is 47.2 Å². The maximum absolute atomic E-state index is 13.6. The molecule has 2 aromatic heterocycles. The Morgan fingerprint density at radius 1 is 0.853 bits per heavy atom. The average Bonchev–Trinajstić information content (AvgIpc) is 3.25. The zero-order chi connectivity index (χ0) is 23.8. The summed E-state index contributed by atoms with van der Waals surface area (Å²) in [5, 5.41) is 0.623. The van der Waals surface area contributed by atoms with E-state index in [2.05, 4.69) is 36.9 Å². The van der Waals surface area contributed by atoms with Crippen molar-refractivity contribution in [2.75, 3.05) is 31.1 Å². The van der Waals surface area contributed by atoms with Crippen LogP contribution in [0.5, 0.6) is 0 Å². The van der Waals surface area contributed by atoms with Crippen LogP contribution in [0.1, 0.15) is 21.6 Å². The second kappa shape index (κ2) is 8.99. The van der Waals surface area contributed by atoms with Crippen molar-refractivity contribution in [3.63, 3.8) is 0 Å². The Morgan fingerprint density at radius 3 is 2.32 bits per heavy atom. The first-order valence-corrected chi connectivity index (χ1v) is 11.8. The second-order valence-electron chi connectivity index (χ2n) is 8.74. The molecule has 34 heavy (non-hydrogen) atoms. The quantitative estimate of drug-likeness (QED) is 0.295. The SMILES string of the molecule is Cc1cccc(N2CCN(C(=O)C(=O)c3c(-c4ccc(Cl)cc4)cc4ccccn34)CC2)c1C. The summed E-state index contributed by atoms with van der Waals surface area (Å²) in [7, 11) is 0. The van der Waals surface area contributed by atoms with Crippen molar-refractivity contribution in [2.45, 2.75) is 13.8 Å². The van der Waals surface area contributed by atoms with E-state index in [1.165, 1.54) is 16.8 Å². The van der Waals surface area contributed by atoms with Crippen molar-refractivity contribution in [1.29, 1.82) is 0 Å². The van der Waals surface area contributed by atoms with Crippen molar-refractivity contribution in [3.8, 4) is 11.1 Å². The molecular weight excluding hydrogens is 446 g/mol. The van der Waals surface area contributed by atoms with Crippen LogP contribution in [0, 0.1) is 13.8 Å². The standard InChI is InChI=1S/C28H26ClN3O2/c1-19-6-5-8-25(20(19)2)30-14-16-31(17-15-30)28(34)27(33)26-24(21-9-11-22(29)12-10-21)18-23-7-3-4-13-32(23)26/h3-13,18H,14-17H2,1-2H3. The van der Waals surface area contributed by atoms with Crippen molar-refractivity contribution >= 4 is 34.5 Å². The number of aryl methyl sites for hydroxylation is 1. The molecule has 0 spiro atoms. The Kier molecular flexibility index (Phi) is 5.88. The molecule has 0 aliphatic carbocycles. The fourth-order valence-electron chi connectivity index (χ4n) is 4.68. The predicted molar refractivity (Wildman–Crippen MR) is 137 cm³/mol. The molecule has 0 atom stereocenters. The lowest BCUT2D eigenvalue weighted by Crippen LogP contribution is -2.51. The van der Waals surface area contributed by atoms with Gasteiger partial charge in [0.1, 0.15) is 5.69 Å². The number of fused-ring (bicyclic) bond motifs is 1. The number of Topliss-reactive ketones (excluding diaryl/α,β-unsaturated/α-hetero) is 1. The smallest absolute Gasteiger partial charge is 0.296 e. The van der Waals surface area contributed by atoms with Gasteiger partial charge in [-0.25, -0.2) is 0 Å². The fourth-order valence-corrected chi connectivity index (χ4v) is 4.80. The number of nitrogens with zero attached hydrogens (tertiary/aromatic N) is 3. The van der Waals surface area contributed by atoms with Crippen LogP contribution in [0.4, 0.5) is 5.69 Å². The summed E-state index contributed by atoms with van der Waals surface area (Å²) >= 11 is 6.07. The minimum absolute atomic E-state index is 0.389. The number of pyridine rings is 1. The van der Waals surface area contributed by atoms with Gasteiger partial charge in [-0.2, -0.15) is 0 Å². The van der Waals surface area contributed by atoms with Gasteiger partial charge in [0.05, 0.1) is 0 Å². The van der Waals surface area contributed by atoms with Gasteiger partial charge in [0.25, 0.3) is 11.7 Å². The molecule has 0 unspecified atom stereocenters.